The van der Waals surface area contributed by atoms with E-state index in [4.69, 9.17) is 4.18 Å². The van der Waals surface area contributed by atoms with Gasteiger partial charge in [0, 0.05) is 19.5 Å². The predicted molar refractivity (Wildman–Crippen MR) is 120 cm³/mol. The summed E-state index contributed by atoms with van der Waals surface area (Å²) in [5, 5.41) is 0. The summed E-state index contributed by atoms with van der Waals surface area (Å²) in [5.74, 6) is 0.339. The second-order valence-electron chi connectivity index (χ2n) is 8.33. The van der Waals surface area contributed by atoms with Crippen LogP contribution in [0.2, 0.25) is 0 Å². The van der Waals surface area contributed by atoms with Gasteiger partial charge in [-0.25, -0.2) is 0 Å². The van der Waals surface area contributed by atoms with Crippen LogP contribution in [0.4, 0.5) is 13.2 Å². The van der Waals surface area contributed by atoms with Gasteiger partial charge < -0.3 is 9.08 Å². The molecule has 0 bridgehead atoms. The van der Waals surface area contributed by atoms with Gasteiger partial charge in [-0.2, -0.15) is 21.6 Å². The lowest BCUT2D eigenvalue weighted by Gasteiger charge is -2.25. The molecule has 0 saturated heterocycles. The quantitative estimate of drug-likeness (QED) is 0.288. The predicted octanol–water partition coefficient (Wildman–Crippen LogP) is 6.04. The van der Waals surface area contributed by atoms with Gasteiger partial charge in [0.05, 0.1) is 5.56 Å². The standard InChI is InChI=1S/C24H30F3NO4S/c1-4-5-6-10-23(29)28(16-18(2)3)17-19-11-13-21(14-12-19)32-33(30,31)22-9-7-8-20(15-22)24(25,26)27/h7-9,11-15,18H,4-6,10,16-17H2,1-3H3. The Morgan fingerprint density at radius 2 is 1.73 bits per heavy atom. The Morgan fingerprint density at radius 1 is 1.06 bits per heavy atom. The molecule has 2 aromatic carbocycles. The molecule has 5 nitrogen and oxygen atoms in total. The molecule has 9 heteroatoms. The second-order valence-corrected chi connectivity index (χ2v) is 9.88. The number of benzene rings is 2. The minimum Gasteiger partial charge on any atom is -0.379 e. The topological polar surface area (TPSA) is 63.7 Å². The van der Waals surface area contributed by atoms with E-state index < -0.39 is 26.8 Å². The second kappa shape index (κ2) is 11.5. The van der Waals surface area contributed by atoms with Gasteiger partial charge in [0.15, 0.2) is 0 Å². The highest BCUT2D eigenvalue weighted by Gasteiger charge is 2.32. The van der Waals surface area contributed by atoms with Gasteiger partial charge >= 0.3 is 16.3 Å². The Bertz CT molecular complexity index is 1020. The molecule has 2 aromatic rings. The van der Waals surface area contributed by atoms with E-state index >= 15 is 0 Å². The largest absolute Gasteiger partial charge is 0.416 e. The summed E-state index contributed by atoms with van der Waals surface area (Å²) in [6.45, 7) is 7.12. The number of halogens is 3. The fourth-order valence-electron chi connectivity index (χ4n) is 3.25. The highest BCUT2D eigenvalue weighted by molar-refractivity contribution is 7.87. The Kier molecular flexibility index (Phi) is 9.34. The Labute approximate surface area is 193 Å². The zero-order valence-electron chi connectivity index (χ0n) is 19.1. The molecule has 0 radical (unpaired) electrons. The number of carbonyl (C=O) groups excluding carboxylic acids is 1. The maximum Gasteiger partial charge on any atom is 0.416 e. The van der Waals surface area contributed by atoms with Gasteiger partial charge in [-0.3, -0.25) is 4.79 Å². The van der Waals surface area contributed by atoms with Gasteiger partial charge in [0.25, 0.3) is 0 Å². The molecule has 2 rings (SSSR count). The van der Waals surface area contributed by atoms with Gasteiger partial charge in [-0.05, 0) is 48.2 Å². The van der Waals surface area contributed by atoms with Gasteiger partial charge in [-0.1, -0.05) is 51.8 Å². The number of alkyl halides is 3. The summed E-state index contributed by atoms with van der Waals surface area (Å²) in [5.41, 5.74) is -0.278. The molecule has 0 saturated carbocycles. The number of hydrogen-bond acceptors (Lipinski definition) is 4. The van der Waals surface area contributed by atoms with Crippen LogP contribution in [0.25, 0.3) is 0 Å². The van der Waals surface area contributed by atoms with Crippen LogP contribution in [0, 0.1) is 5.92 Å². The maximum absolute atomic E-state index is 12.9. The van der Waals surface area contributed by atoms with Crippen LogP contribution in [0.3, 0.4) is 0 Å². The molecule has 0 heterocycles. The molecule has 0 aromatic heterocycles. The number of nitrogens with zero attached hydrogens (tertiary/aromatic N) is 1. The summed E-state index contributed by atoms with van der Waals surface area (Å²) in [4.78, 5) is 13.8. The smallest absolute Gasteiger partial charge is 0.379 e. The minimum atomic E-state index is -4.66. The lowest BCUT2D eigenvalue weighted by Crippen LogP contribution is -2.33. The summed E-state index contributed by atoms with van der Waals surface area (Å²) < 4.78 is 68.6. The highest BCUT2D eigenvalue weighted by atomic mass is 32.2. The molecular formula is C24H30F3NO4S. The molecule has 182 valence electrons. The van der Waals surface area contributed by atoms with E-state index in [1.807, 2.05) is 13.8 Å². The van der Waals surface area contributed by atoms with E-state index in [1.54, 1.807) is 17.0 Å². The average Bonchev–Trinajstić information content (AvgIpc) is 2.73. The number of carbonyl (C=O) groups is 1. The van der Waals surface area contributed by atoms with Crippen LogP contribution in [0.5, 0.6) is 5.75 Å². The molecule has 0 fully saturated rings. The molecular weight excluding hydrogens is 455 g/mol. The van der Waals surface area contributed by atoms with Gasteiger partial charge in [0.2, 0.25) is 5.91 Å². The van der Waals surface area contributed by atoms with Crippen molar-refractivity contribution in [3.8, 4) is 5.75 Å². The summed E-state index contributed by atoms with van der Waals surface area (Å²) >= 11 is 0. The van der Waals surface area contributed by atoms with Crippen molar-refractivity contribution in [1.29, 1.82) is 0 Å². The molecule has 0 aliphatic carbocycles. The van der Waals surface area contributed by atoms with Crippen molar-refractivity contribution in [1.82, 2.24) is 4.90 Å². The van der Waals surface area contributed by atoms with Crippen LogP contribution in [0.15, 0.2) is 53.4 Å². The van der Waals surface area contributed by atoms with Crippen molar-refractivity contribution in [3.05, 3.63) is 59.7 Å². The van der Waals surface area contributed by atoms with E-state index in [9.17, 15) is 26.4 Å². The fourth-order valence-corrected chi connectivity index (χ4v) is 4.23. The zero-order chi connectivity index (χ0) is 24.6. The van der Waals surface area contributed by atoms with Crippen molar-refractivity contribution < 1.29 is 30.6 Å². The number of hydrogen-bond donors (Lipinski definition) is 0. The van der Waals surface area contributed by atoms with Gasteiger partial charge in [0.1, 0.15) is 10.6 Å². The molecule has 0 unspecified atom stereocenters. The van der Waals surface area contributed by atoms with E-state index in [0.29, 0.717) is 31.5 Å². The molecule has 33 heavy (non-hydrogen) atoms. The summed E-state index contributed by atoms with van der Waals surface area (Å²) in [6.07, 6.45) is -1.32. The number of amides is 1. The highest BCUT2D eigenvalue weighted by Crippen LogP contribution is 2.31. The molecule has 0 aliphatic rings. The molecule has 1 amide bonds. The van der Waals surface area contributed by atoms with E-state index in [2.05, 4.69) is 6.92 Å². The first-order chi connectivity index (χ1) is 15.4. The first-order valence-corrected chi connectivity index (χ1v) is 12.3. The summed E-state index contributed by atoms with van der Waals surface area (Å²) in [7, 11) is -4.44. The Balaban J connectivity index is 2.11. The normalized spacial score (nSPS) is 12.1. The van der Waals surface area contributed by atoms with Crippen molar-refractivity contribution in [2.24, 2.45) is 5.92 Å². The first kappa shape index (κ1) is 26.7. The van der Waals surface area contributed by atoms with Crippen molar-refractivity contribution >= 4 is 16.0 Å². The lowest BCUT2D eigenvalue weighted by molar-refractivity contribution is -0.137. The van der Waals surface area contributed by atoms with Crippen molar-refractivity contribution in [3.63, 3.8) is 0 Å². The van der Waals surface area contributed by atoms with Crippen LogP contribution in [-0.2, 0) is 27.6 Å². The van der Waals surface area contributed by atoms with Gasteiger partial charge in [-0.15, -0.1) is 0 Å². The third-order valence-electron chi connectivity index (χ3n) is 4.89. The Hall–Kier alpha value is -2.55. The zero-order valence-corrected chi connectivity index (χ0v) is 19.9. The first-order valence-electron chi connectivity index (χ1n) is 10.9. The van der Waals surface area contributed by atoms with E-state index in [1.165, 1.54) is 12.1 Å². The number of rotatable bonds is 11. The average molecular weight is 486 g/mol. The van der Waals surface area contributed by atoms with E-state index in [0.717, 1.165) is 43.0 Å². The SMILES string of the molecule is CCCCCC(=O)N(Cc1ccc(OS(=O)(=O)c2cccc(C(F)(F)F)c2)cc1)CC(C)C. The Morgan fingerprint density at radius 3 is 2.30 bits per heavy atom. The number of unbranched alkanes of at least 4 members (excludes halogenated alkanes) is 2. The molecule has 0 aliphatic heterocycles. The molecule has 0 atom stereocenters. The summed E-state index contributed by atoms with van der Waals surface area (Å²) in [6, 6.07) is 9.53. The monoisotopic (exact) mass is 485 g/mol. The van der Waals surface area contributed by atoms with Crippen LogP contribution < -0.4 is 4.18 Å². The minimum absolute atomic E-state index is 0.0270. The third kappa shape index (κ3) is 8.38. The third-order valence-corrected chi connectivity index (χ3v) is 6.13. The molecule has 0 spiro atoms. The lowest BCUT2D eigenvalue weighted by atomic mass is 10.1. The maximum atomic E-state index is 12.9. The fraction of sp³-hybridized carbons (Fsp3) is 0.458. The van der Waals surface area contributed by atoms with Crippen LogP contribution in [-0.4, -0.2) is 25.8 Å². The van der Waals surface area contributed by atoms with Crippen molar-refractivity contribution in [2.75, 3.05) is 6.54 Å². The van der Waals surface area contributed by atoms with Crippen LogP contribution in [0.1, 0.15) is 57.6 Å². The van der Waals surface area contributed by atoms with Crippen LogP contribution >= 0.6 is 0 Å². The molecule has 0 N–H and O–H groups in total. The van der Waals surface area contributed by atoms with E-state index in [-0.39, 0.29) is 11.7 Å². The van der Waals surface area contributed by atoms with Crippen molar-refractivity contribution in [2.45, 2.75) is 64.1 Å².